The normalized spacial score (nSPS) is 10.2. The Hall–Kier alpha value is -1.39. The van der Waals surface area contributed by atoms with Gasteiger partial charge in [-0.15, -0.1) is 0 Å². The number of hydrogen-bond acceptors (Lipinski definition) is 2. The number of halogens is 1. The van der Waals surface area contributed by atoms with Crippen molar-refractivity contribution in [3.05, 3.63) is 63.6 Å². The zero-order valence-corrected chi connectivity index (χ0v) is 13.0. The molecule has 0 amide bonds. The molecular formula is C15H15BrN2S. The Labute approximate surface area is 127 Å². The van der Waals surface area contributed by atoms with Gasteiger partial charge in [0, 0.05) is 22.3 Å². The van der Waals surface area contributed by atoms with Crippen molar-refractivity contribution in [3.8, 4) is 0 Å². The third kappa shape index (κ3) is 3.55. The quantitative estimate of drug-likeness (QED) is 0.830. The molecule has 3 N–H and O–H groups in total. The Kier molecular flexibility index (Phi) is 4.56. The van der Waals surface area contributed by atoms with Gasteiger partial charge in [0.1, 0.15) is 4.99 Å². The number of nitrogens with two attached hydrogens (primary N) is 1. The molecule has 19 heavy (non-hydrogen) atoms. The number of hydrogen-bond donors (Lipinski definition) is 2. The van der Waals surface area contributed by atoms with E-state index in [0.717, 1.165) is 22.3 Å². The minimum atomic E-state index is 0.408. The molecule has 0 saturated heterocycles. The Morgan fingerprint density at radius 1 is 1.26 bits per heavy atom. The second kappa shape index (κ2) is 6.17. The van der Waals surface area contributed by atoms with Gasteiger partial charge in [-0.3, -0.25) is 0 Å². The summed E-state index contributed by atoms with van der Waals surface area (Å²) >= 11 is 8.49. The zero-order valence-electron chi connectivity index (χ0n) is 10.6. The molecule has 2 nitrogen and oxygen atoms in total. The van der Waals surface area contributed by atoms with Gasteiger partial charge >= 0.3 is 0 Å². The van der Waals surface area contributed by atoms with E-state index in [2.05, 4.69) is 46.4 Å². The van der Waals surface area contributed by atoms with E-state index in [1.54, 1.807) is 0 Å². The number of anilines is 1. The Morgan fingerprint density at radius 3 is 2.63 bits per heavy atom. The molecule has 4 heteroatoms. The molecule has 98 valence electrons. The van der Waals surface area contributed by atoms with Crippen LogP contribution in [-0.4, -0.2) is 4.99 Å². The highest BCUT2D eigenvalue weighted by Crippen LogP contribution is 2.24. The van der Waals surface area contributed by atoms with Gasteiger partial charge in [-0.2, -0.15) is 0 Å². The highest BCUT2D eigenvalue weighted by atomic mass is 79.9. The van der Waals surface area contributed by atoms with Gasteiger partial charge in [0.25, 0.3) is 0 Å². The van der Waals surface area contributed by atoms with Crippen LogP contribution in [0.5, 0.6) is 0 Å². The Balaban J connectivity index is 2.12. The largest absolute Gasteiger partial charge is 0.389 e. The van der Waals surface area contributed by atoms with Gasteiger partial charge in [-0.05, 0) is 52.2 Å². The molecule has 2 aromatic rings. The summed E-state index contributed by atoms with van der Waals surface area (Å²) in [7, 11) is 0. The first-order chi connectivity index (χ1) is 9.08. The van der Waals surface area contributed by atoms with Crippen LogP contribution in [0.1, 0.15) is 16.7 Å². The van der Waals surface area contributed by atoms with E-state index in [0.29, 0.717) is 4.99 Å². The van der Waals surface area contributed by atoms with E-state index in [9.17, 15) is 0 Å². The number of thiocarbonyl (C=S) groups is 1. The first-order valence-corrected chi connectivity index (χ1v) is 7.16. The van der Waals surface area contributed by atoms with E-state index in [1.807, 2.05) is 24.3 Å². The number of rotatable bonds is 4. The number of benzene rings is 2. The van der Waals surface area contributed by atoms with Gasteiger partial charge in [0.05, 0.1) is 0 Å². The first-order valence-electron chi connectivity index (χ1n) is 5.95. The maximum absolute atomic E-state index is 5.61. The predicted molar refractivity (Wildman–Crippen MR) is 88.5 cm³/mol. The lowest BCUT2D eigenvalue weighted by atomic mass is 10.1. The van der Waals surface area contributed by atoms with Crippen molar-refractivity contribution in [1.82, 2.24) is 0 Å². The van der Waals surface area contributed by atoms with Crippen LogP contribution >= 0.6 is 28.1 Å². The third-order valence-corrected chi connectivity index (χ3v) is 3.88. The Morgan fingerprint density at radius 2 is 2.00 bits per heavy atom. The molecule has 0 aliphatic rings. The first kappa shape index (κ1) is 14.0. The van der Waals surface area contributed by atoms with E-state index < -0.39 is 0 Å². The molecule has 0 unspecified atom stereocenters. The average molecular weight is 335 g/mol. The van der Waals surface area contributed by atoms with E-state index in [1.165, 1.54) is 11.1 Å². The van der Waals surface area contributed by atoms with Crippen molar-refractivity contribution in [2.45, 2.75) is 13.5 Å². The summed E-state index contributed by atoms with van der Waals surface area (Å²) in [6, 6.07) is 14.2. The topological polar surface area (TPSA) is 38.0 Å². The highest BCUT2D eigenvalue weighted by molar-refractivity contribution is 9.10. The average Bonchev–Trinajstić information content (AvgIpc) is 2.39. The Bertz CT molecular complexity index is 611. The summed E-state index contributed by atoms with van der Waals surface area (Å²) in [6.45, 7) is 2.90. The molecule has 0 heterocycles. The molecule has 0 atom stereocenters. The second-order valence-electron chi connectivity index (χ2n) is 4.34. The molecular weight excluding hydrogens is 320 g/mol. The van der Waals surface area contributed by atoms with Crippen LogP contribution in [0.2, 0.25) is 0 Å². The van der Waals surface area contributed by atoms with Crippen molar-refractivity contribution >= 4 is 38.8 Å². The molecule has 2 aromatic carbocycles. The van der Waals surface area contributed by atoms with Crippen LogP contribution in [0, 0.1) is 6.92 Å². The lowest BCUT2D eigenvalue weighted by Gasteiger charge is -2.11. The second-order valence-corrected chi connectivity index (χ2v) is 5.63. The number of aryl methyl sites for hydroxylation is 1. The molecule has 0 aromatic heterocycles. The summed E-state index contributed by atoms with van der Waals surface area (Å²) in [5.41, 5.74) is 10.1. The van der Waals surface area contributed by atoms with Gasteiger partial charge in [0.15, 0.2) is 0 Å². The van der Waals surface area contributed by atoms with Crippen molar-refractivity contribution in [2.24, 2.45) is 5.73 Å². The maximum Gasteiger partial charge on any atom is 0.104 e. The summed E-state index contributed by atoms with van der Waals surface area (Å²) in [4.78, 5) is 0.408. The summed E-state index contributed by atoms with van der Waals surface area (Å²) in [5.74, 6) is 0. The molecule has 0 spiro atoms. The SMILES string of the molecule is Cc1ccccc1CNc1ccc(C(N)=S)cc1Br. The molecule has 0 aliphatic heterocycles. The molecule has 2 rings (SSSR count). The fraction of sp³-hybridized carbons (Fsp3) is 0.133. The van der Waals surface area contributed by atoms with E-state index in [4.69, 9.17) is 18.0 Å². The van der Waals surface area contributed by atoms with Crippen molar-refractivity contribution in [3.63, 3.8) is 0 Å². The van der Waals surface area contributed by atoms with Crippen LogP contribution in [0.15, 0.2) is 46.9 Å². The van der Waals surface area contributed by atoms with Crippen LogP contribution in [0.25, 0.3) is 0 Å². The van der Waals surface area contributed by atoms with Crippen molar-refractivity contribution in [2.75, 3.05) is 5.32 Å². The molecule has 0 fully saturated rings. The maximum atomic E-state index is 5.61. The molecule has 0 aliphatic carbocycles. The standard InChI is InChI=1S/C15H15BrN2S/c1-10-4-2-3-5-12(10)9-18-14-7-6-11(15(17)19)8-13(14)16/h2-8,18H,9H2,1H3,(H2,17,19). The van der Waals surface area contributed by atoms with Crippen LogP contribution < -0.4 is 11.1 Å². The van der Waals surface area contributed by atoms with Crippen LogP contribution in [-0.2, 0) is 6.54 Å². The monoisotopic (exact) mass is 334 g/mol. The van der Waals surface area contributed by atoms with Crippen molar-refractivity contribution < 1.29 is 0 Å². The molecule has 0 bridgehead atoms. The highest BCUT2D eigenvalue weighted by Gasteiger charge is 2.04. The van der Waals surface area contributed by atoms with Crippen LogP contribution in [0.3, 0.4) is 0 Å². The van der Waals surface area contributed by atoms with Gasteiger partial charge in [-0.1, -0.05) is 36.5 Å². The summed E-state index contributed by atoms with van der Waals surface area (Å²) in [6.07, 6.45) is 0. The van der Waals surface area contributed by atoms with Gasteiger partial charge < -0.3 is 11.1 Å². The van der Waals surface area contributed by atoms with E-state index >= 15 is 0 Å². The predicted octanol–water partition coefficient (Wildman–Crippen LogP) is 4.00. The summed E-state index contributed by atoms with van der Waals surface area (Å²) < 4.78 is 0.964. The van der Waals surface area contributed by atoms with Crippen LogP contribution in [0.4, 0.5) is 5.69 Å². The van der Waals surface area contributed by atoms with Gasteiger partial charge in [-0.25, -0.2) is 0 Å². The minimum Gasteiger partial charge on any atom is -0.389 e. The van der Waals surface area contributed by atoms with Gasteiger partial charge in [0.2, 0.25) is 0 Å². The van der Waals surface area contributed by atoms with Crippen molar-refractivity contribution in [1.29, 1.82) is 0 Å². The smallest absolute Gasteiger partial charge is 0.104 e. The summed E-state index contributed by atoms with van der Waals surface area (Å²) in [5, 5.41) is 3.41. The molecule has 0 saturated carbocycles. The third-order valence-electron chi connectivity index (χ3n) is 2.98. The zero-order chi connectivity index (χ0) is 13.8. The van der Waals surface area contributed by atoms with E-state index in [-0.39, 0.29) is 0 Å². The number of nitrogens with one attached hydrogen (secondary N) is 1. The molecule has 0 radical (unpaired) electrons. The lowest BCUT2D eigenvalue weighted by Crippen LogP contribution is -2.09. The fourth-order valence-electron chi connectivity index (χ4n) is 1.81. The minimum absolute atomic E-state index is 0.408. The fourth-order valence-corrected chi connectivity index (χ4v) is 2.46. The lowest BCUT2D eigenvalue weighted by molar-refractivity contribution is 1.12.